The molecule has 4 heterocycles. The van der Waals surface area contributed by atoms with Crippen molar-refractivity contribution in [1.29, 1.82) is 0 Å². The minimum absolute atomic E-state index is 0.139. The van der Waals surface area contributed by atoms with Crippen molar-refractivity contribution in [3.05, 3.63) is 101 Å². The van der Waals surface area contributed by atoms with E-state index < -0.39 is 0 Å². The van der Waals surface area contributed by atoms with Crippen LogP contribution < -0.4 is 19.9 Å². The molecule has 0 saturated carbocycles. The Morgan fingerprint density at radius 1 is 0.975 bits per heavy atom. The number of pyridine rings is 1. The molecule has 9 heteroatoms. The van der Waals surface area contributed by atoms with E-state index in [0.29, 0.717) is 15.9 Å². The van der Waals surface area contributed by atoms with Crippen LogP contribution in [0.4, 0.5) is 11.4 Å². The van der Waals surface area contributed by atoms with E-state index in [1.807, 2.05) is 42.6 Å². The highest BCUT2D eigenvalue weighted by Gasteiger charge is 2.42. The molecular formula is C31H32ClN5O2S. The van der Waals surface area contributed by atoms with Crippen LogP contribution in [0.15, 0.2) is 72.9 Å². The average Bonchev–Trinajstić information content (AvgIpc) is 3.48. The first-order valence-electron chi connectivity index (χ1n) is 13.4. The average molecular weight is 574 g/mol. The van der Waals surface area contributed by atoms with Gasteiger partial charge < -0.3 is 29.2 Å². The number of thiocarbonyl (C=S) groups is 1. The lowest BCUT2D eigenvalue weighted by Gasteiger charge is -2.29. The van der Waals surface area contributed by atoms with E-state index in [4.69, 9.17) is 38.3 Å². The second-order valence-electron chi connectivity index (χ2n) is 10.1. The van der Waals surface area contributed by atoms with E-state index in [1.54, 1.807) is 7.11 Å². The number of aryl methyl sites for hydroxylation is 1. The lowest BCUT2D eigenvalue weighted by Crippen LogP contribution is -2.36. The fourth-order valence-corrected chi connectivity index (χ4v) is 6.47. The number of nitrogens with one attached hydrogen (secondary N) is 1. The lowest BCUT2D eigenvalue weighted by atomic mass is 9.96. The van der Waals surface area contributed by atoms with Gasteiger partial charge in [-0.1, -0.05) is 17.7 Å². The van der Waals surface area contributed by atoms with Gasteiger partial charge in [-0.15, -0.1) is 0 Å². The number of halogens is 1. The van der Waals surface area contributed by atoms with Gasteiger partial charge in [-0.05, 0) is 92.3 Å². The minimum Gasteiger partial charge on any atom is -0.495 e. The lowest BCUT2D eigenvalue weighted by molar-refractivity contribution is 0.122. The number of hydrogen-bond acceptors (Lipinski definition) is 5. The van der Waals surface area contributed by atoms with Gasteiger partial charge >= 0.3 is 0 Å². The molecule has 0 radical (unpaired) electrons. The molecule has 40 heavy (non-hydrogen) atoms. The maximum absolute atomic E-state index is 6.57. The monoisotopic (exact) mass is 573 g/mol. The predicted molar refractivity (Wildman–Crippen MR) is 164 cm³/mol. The molecule has 0 bridgehead atoms. The highest BCUT2D eigenvalue weighted by atomic mass is 35.5. The molecule has 1 N–H and O–H groups in total. The summed E-state index contributed by atoms with van der Waals surface area (Å²) in [5, 5.41) is 4.71. The van der Waals surface area contributed by atoms with E-state index in [2.05, 4.69) is 63.9 Å². The van der Waals surface area contributed by atoms with Gasteiger partial charge in [0.15, 0.2) is 5.11 Å². The molecule has 4 aromatic rings. The van der Waals surface area contributed by atoms with Crippen molar-refractivity contribution in [3.8, 4) is 11.4 Å². The highest BCUT2D eigenvalue weighted by Crippen LogP contribution is 2.45. The number of aromatic nitrogens is 2. The summed E-state index contributed by atoms with van der Waals surface area (Å²) in [6.45, 7) is 7.70. The summed E-state index contributed by atoms with van der Waals surface area (Å²) in [6.07, 6.45) is 1.82. The normalized spacial score (nSPS) is 19.1. The highest BCUT2D eigenvalue weighted by molar-refractivity contribution is 7.80. The zero-order chi connectivity index (χ0) is 27.8. The van der Waals surface area contributed by atoms with Gasteiger partial charge in [0.2, 0.25) is 0 Å². The molecule has 206 valence electrons. The van der Waals surface area contributed by atoms with E-state index in [-0.39, 0.29) is 12.1 Å². The van der Waals surface area contributed by atoms with Gasteiger partial charge in [0, 0.05) is 47.7 Å². The number of nitrogens with zero attached hydrogens (tertiary/aromatic N) is 4. The van der Waals surface area contributed by atoms with E-state index in [1.165, 1.54) is 11.3 Å². The molecule has 6 rings (SSSR count). The summed E-state index contributed by atoms with van der Waals surface area (Å²) in [4.78, 5) is 9.22. The van der Waals surface area contributed by atoms with Crippen LogP contribution in [0.25, 0.3) is 5.69 Å². The molecule has 2 fully saturated rings. The Bertz CT molecular complexity index is 1520. The number of methoxy groups -OCH3 is 1. The third kappa shape index (κ3) is 4.80. The van der Waals surface area contributed by atoms with Crippen LogP contribution in [-0.4, -0.2) is 48.1 Å². The SMILES string of the molecule is COc1ccc(N2C(=S)NC(c3ccccn3)C2c2cc(C)n(-c3ccc(N4CCOCC4)cc3)c2C)cc1Cl. The van der Waals surface area contributed by atoms with Crippen LogP contribution in [0, 0.1) is 13.8 Å². The topological polar surface area (TPSA) is 54.8 Å². The van der Waals surface area contributed by atoms with Gasteiger partial charge in [0.1, 0.15) is 5.75 Å². The van der Waals surface area contributed by atoms with Crippen LogP contribution in [0.2, 0.25) is 5.02 Å². The third-order valence-electron chi connectivity index (χ3n) is 7.78. The van der Waals surface area contributed by atoms with Crippen molar-refractivity contribution >= 4 is 40.3 Å². The molecule has 2 saturated heterocycles. The van der Waals surface area contributed by atoms with E-state index in [9.17, 15) is 0 Å². The maximum atomic E-state index is 6.57. The Hall–Kier alpha value is -3.59. The summed E-state index contributed by atoms with van der Waals surface area (Å²) < 4.78 is 13.2. The number of anilines is 2. The number of ether oxygens (including phenoxy) is 2. The van der Waals surface area contributed by atoms with Gasteiger partial charge in [-0.3, -0.25) is 4.98 Å². The van der Waals surface area contributed by atoms with Gasteiger partial charge in [-0.25, -0.2) is 0 Å². The standard InChI is InChI=1S/C31H32ClN5O2S/c1-20-18-25(21(2)36(20)23-9-7-22(8-10-23)35-14-16-39-17-15-35)30-29(27-6-4-5-13-33-27)34-31(40)37(30)24-11-12-28(38-3)26(32)19-24/h4-13,18-19,29-30H,14-17H2,1-3H3,(H,34,40). The number of benzene rings is 2. The van der Waals surface area contributed by atoms with Crippen molar-refractivity contribution in [2.24, 2.45) is 0 Å². The van der Waals surface area contributed by atoms with Gasteiger partial charge in [0.25, 0.3) is 0 Å². The molecule has 0 aliphatic carbocycles. The fraction of sp³-hybridized carbons (Fsp3) is 0.290. The first-order valence-corrected chi connectivity index (χ1v) is 14.2. The fourth-order valence-electron chi connectivity index (χ4n) is 5.87. The summed E-state index contributed by atoms with van der Waals surface area (Å²) in [5.41, 5.74) is 7.64. The van der Waals surface area contributed by atoms with Crippen LogP contribution in [-0.2, 0) is 4.74 Å². The predicted octanol–water partition coefficient (Wildman–Crippen LogP) is 6.16. The van der Waals surface area contributed by atoms with Crippen LogP contribution in [0.5, 0.6) is 5.75 Å². The van der Waals surface area contributed by atoms with Crippen molar-refractivity contribution in [2.75, 3.05) is 43.2 Å². The molecule has 2 aliphatic rings. The smallest absolute Gasteiger partial charge is 0.174 e. The Balaban J connectivity index is 1.42. The number of rotatable bonds is 6. The summed E-state index contributed by atoms with van der Waals surface area (Å²) in [7, 11) is 1.62. The Kier molecular flexibility index (Phi) is 7.40. The van der Waals surface area contributed by atoms with E-state index in [0.717, 1.165) is 54.8 Å². The second kappa shape index (κ2) is 11.1. The zero-order valence-corrected chi connectivity index (χ0v) is 24.4. The number of morpholine rings is 1. The van der Waals surface area contributed by atoms with Crippen LogP contribution in [0.3, 0.4) is 0 Å². The third-order valence-corrected chi connectivity index (χ3v) is 8.39. The van der Waals surface area contributed by atoms with Crippen molar-refractivity contribution < 1.29 is 9.47 Å². The minimum atomic E-state index is -0.146. The maximum Gasteiger partial charge on any atom is 0.174 e. The molecule has 2 unspecified atom stereocenters. The van der Waals surface area contributed by atoms with Gasteiger partial charge in [-0.2, -0.15) is 0 Å². The van der Waals surface area contributed by atoms with Gasteiger partial charge in [0.05, 0.1) is 43.1 Å². The molecule has 2 atom stereocenters. The quantitative estimate of drug-likeness (QED) is 0.277. The molecule has 0 amide bonds. The molecule has 2 aromatic carbocycles. The molecule has 7 nitrogen and oxygen atoms in total. The van der Waals surface area contributed by atoms with Crippen LogP contribution in [0.1, 0.15) is 34.7 Å². The number of hydrogen-bond donors (Lipinski definition) is 1. The van der Waals surface area contributed by atoms with Crippen LogP contribution >= 0.6 is 23.8 Å². The molecular weight excluding hydrogens is 542 g/mol. The Morgan fingerprint density at radius 3 is 2.38 bits per heavy atom. The first-order chi connectivity index (χ1) is 19.5. The summed E-state index contributed by atoms with van der Waals surface area (Å²) in [6, 6.07) is 22.5. The molecule has 2 aliphatic heterocycles. The van der Waals surface area contributed by atoms with Crippen molar-refractivity contribution in [1.82, 2.24) is 14.9 Å². The van der Waals surface area contributed by atoms with Crippen molar-refractivity contribution in [3.63, 3.8) is 0 Å². The second-order valence-corrected chi connectivity index (χ2v) is 10.9. The molecule has 0 spiro atoms. The molecule has 2 aromatic heterocycles. The largest absolute Gasteiger partial charge is 0.495 e. The zero-order valence-electron chi connectivity index (χ0n) is 22.8. The summed E-state index contributed by atoms with van der Waals surface area (Å²) in [5.74, 6) is 0.625. The Labute approximate surface area is 245 Å². The summed E-state index contributed by atoms with van der Waals surface area (Å²) >= 11 is 12.5. The Morgan fingerprint density at radius 2 is 1.70 bits per heavy atom. The van der Waals surface area contributed by atoms with E-state index >= 15 is 0 Å². The van der Waals surface area contributed by atoms with Crippen molar-refractivity contribution in [2.45, 2.75) is 25.9 Å². The first kappa shape index (κ1) is 26.6.